The van der Waals surface area contributed by atoms with Crippen LogP contribution in [-0.2, 0) is 6.54 Å². The molecule has 0 spiro atoms. The van der Waals surface area contributed by atoms with Crippen LogP contribution in [0.5, 0.6) is 0 Å². The number of guanidine groups is 1. The lowest BCUT2D eigenvalue weighted by Gasteiger charge is -2.23. The Morgan fingerprint density at radius 2 is 2.26 bits per heavy atom. The molecule has 0 radical (unpaired) electrons. The first-order valence-electron chi connectivity index (χ1n) is 6.83. The van der Waals surface area contributed by atoms with Gasteiger partial charge in [0.1, 0.15) is 0 Å². The van der Waals surface area contributed by atoms with Crippen molar-refractivity contribution in [2.24, 2.45) is 10.7 Å². The molecule has 5 heteroatoms. The fourth-order valence-electron chi connectivity index (χ4n) is 2.34. The van der Waals surface area contributed by atoms with Gasteiger partial charge in [0.25, 0.3) is 0 Å². The van der Waals surface area contributed by atoms with Crippen molar-refractivity contribution < 1.29 is 0 Å². The molecule has 19 heavy (non-hydrogen) atoms. The second-order valence-electron chi connectivity index (χ2n) is 4.89. The third kappa shape index (κ3) is 4.74. The Hall–Kier alpha value is -1.23. The van der Waals surface area contributed by atoms with Crippen LogP contribution in [0.4, 0.5) is 0 Å². The van der Waals surface area contributed by atoms with Gasteiger partial charge in [-0.1, -0.05) is 19.3 Å². The molecule has 3 N–H and O–H groups in total. The normalized spacial score (nSPS) is 17.4. The van der Waals surface area contributed by atoms with Crippen LogP contribution in [0.3, 0.4) is 0 Å². The SMILES string of the molecule is CSc1cc(CN=C(N)NC2CCCCC2)ccn1. The molecule has 1 aromatic rings. The van der Waals surface area contributed by atoms with Crippen molar-refractivity contribution in [2.45, 2.75) is 49.7 Å². The van der Waals surface area contributed by atoms with Crippen molar-refractivity contribution in [1.29, 1.82) is 0 Å². The number of hydrogen-bond acceptors (Lipinski definition) is 3. The summed E-state index contributed by atoms with van der Waals surface area (Å²) in [5, 5.41) is 4.34. The van der Waals surface area contributed by atoms with Gasteiger partial charge in [-0.2, -0.15) is 0 Å². The lowest BCUT2D eigenvalue weighted by atomic mass is 9.96. The van der Waals surface area contributed by atoms with Gasteiger partial charge in [0.2, 0.25) is 0 Å². The zero-order valence-electron chi connectivity index (χ0n) is 11.4. The largest absolute Gasteiger partial charge is 0.370 e. The highest BCUT2D eigenvalue weighted by Crippen LogP contribution is 2.17. The molecule has 0 bridgehead atoms. The number of nitrogens with two attached hydrogens (primary N) is 1. The predicted octanol–water partition coefficient (Wildman–Crippen LogP) is 2.54. The number of nitrogens with one attached hydrogen (secondary N) is 1. The van der Waals surface area contributed by atoms with Gasteiger partial charge in [-0.3, -0.25) is 0 Å². The number of rotatable bonds is 4. The Labute approximate surface area is 119 Å². The molecule has 0 saturated heterocycles. The van der Waals surface area contributed by atoms with E-state index in [1.54, 1.807) is 11.8 Å². The standard InChI is InChI=1S/C14H22N4S/c1-19-13-9-11(7-8-16-13)10-17-14(15)18-12-5-3-2-4-6-12/h7-9,12H,2-6,10H2,1H3,(H3,15,17,18). The van der Waals surface area contributed by atoms with E-state index in [0.717, 1.165) is 10.6 Å². The van der Waals surface area contributed by atoms with Gasteiger partial charge in [-0.25, -0.2) is 9.98 Å². The highest BCUT2D eigenvalue weighted by Gasteiger charge is 2.13. The molecule has 0 aliphatic heterocycles. The summed E-state index contributed by atoms with van der Waals surface area (Å²) >= 11 is 1.64. The van der Waals surface area contributed by atoms with Crippen LogP contribution in [0.2, 0.25) is 0 Å². The van der Waals surface area contributed by atoms with Crippen molar-refractivity contribution >= 4 is 17.7 Å². The summed E-state index contributed by atoms with van der Waals surface area (Å²) in [6, 6.07) is 4.55. The molecule has 1 aliphatic rings. The third-order valence-electron chi connectivity index (χ3n) is 3.40. The van der Waals surface area contributed by atoms with Crippen molar-refractivity contribution in [1.82, 2.24) is 10.3 Å². The number of thioether (sulfide) groups is 1. The van der Waals surface area contributed by atoms with E-state index in [0.29, 0.717) is 18.5 Å². The van der Waals surface area contributed by atoms with E-state index >= 15 is 0 Å². The highest BCUT2D eigenvalue weighted by atomic mass is 32.2. The lowest BCUT2D eigenvalue weighted by Crippen LogP contribution is -2.41. The third-order valence-corrected chi connectivity index (χ3v) is 4.04. The molecule has 4 nitrogen and oxygen atoms in total. The van der Waals surface area contributed by atoms with Gasteiger partial charge in [-0.05, 0) is 36.8 Å². The number of aliphatic imine (C=N–C) groups is 1. The molecule has 104 valence electrons. The Bertz CT molecular complexity index is 427. The molecule has 0 atom stereocenters. The number of nitrogens with zero attached hydrogens (tertiary/aromatic N) is 2. The molecule has 0 aromatic carbocycles. The van der Waals surface area contributed by atoms with Crippen molar-refractivity contribution in [3.8, 4) is 0 Å². The van der Waals surface area contributed by atoms with Gasteiger partial charge in [0, 0.05) is 12.2 Å². The van der Waals surface area contributed by atoms with Gasteiger partial charge < -0.3 is 11.1 Å². The second kappa shape index (κ2) is 7.38. The molecule has 1 fully saturated rings. The Morgan fingerprint density at radius 1 is 1.47 bits per heavy atom. The summed E-state index contributed by atoms with van der Waals surface area (Å²) in [4.78, 5) is 8.66. The van der Waals surface area contributed by atoms with Crippen molar-refractivity contribution in [3.63, 3.8) is 0 Å². The van der Waals surface area contributed by atoms with Crippen LogP contribution in [0.1, 0.15) is 37.7 Å². The Kier molecular flexibility index (Phi) is 5.51. The zero-order chi connectivity index (χ0) is 13.5. The fourth-order valence-corrected chi connectivity index (χ4v) is 2.77. The first-order valence-corrected chi connectivity index (χ1v) is 8.06. The van der Waals surface area contributed by atoms with Crippen LogP contribution in [0.15, 0.2) is 28.3 Å². The van der Waals surface area contributed by atoms with E-state index in [2.05, 4.69) is 21.4 Å². The fraction of sp³-hybridized carbons (Fsp3) is 0.571. The minimum absolute atomic E-state index is 0.511. The average molecular weight is 278 g/mol. The molecule has 0 amide bonds. The van der Waals surface area contributed by atoms with Crippen LogP contribution in [0, 0.1) is 0 Å². The quantitative estimate of drug-likeness (QED) is 0.505. The summed E-state index contributed by atoms with van der Waals surface area (Å²) in [6.07, 6.45) is 10.2. The maximum Gasteiger partial charge on any atom is 0.189 e. The first kappa shape index (κ1) is 14.2. The van der Waals surface area contributed by atoms with E-state index < -0.39 is 0 Å². The van der Waals surface area contributed by atoms with Gasteiger partial charge in [0.15, 0.2) is 5.96 Å². The van der Waals surface area contributed by atoms with Crippen molar-refractivity contribution in [3.05, 3.63) is 23.9 Å². The topological polar surface area (TPSA) is 63.3 Å². The van der Waals surface area contributed by atoms with E-state index in [4.69, 9.17) is 5.73 Å². The van der Waals surface area contributed by atoms with Crippen LogP contribution in [0.25, 0.3) is 0 Å². The smallest absolute Gasteiger partial charge is 0.189 e. The van der Waals surface area contributed by atoms with E-state index in [1.165, 1.54) is 32.1 Å². The van der Waals surface area contributed by atoms with Crippen molar-refractivity contribution in [2.75, 3.05) is 6.26 Å². The van der Waals surface area contributed by atoms with Crippen LogP contribution in [-0.4, -0.2) is 23.2 Å². The Balaban J connectivity index is 1.86. The zero-order valence-corrected chi connectivity index (χ0v) is 12.2. The maximum absolute atomic E-state index is 5.94. The average Bonchev–Trinajstić information content (AvgIpc) is 2.46. The maximum atomic E-state index is 5.94. The molecular weight excluding hydrogens is 256 g/mol. The highest BCUT2D eigenvalue weighted by molar-refractivity contribution is 7.98. The molecule has 0 unspecified atom stereocenters. The van der Waals surface area contributed by atoms with Gasteiger partial charge in [-0.15, -0.1) is 11.8 Å². The summed E-state index contributed by atoms with van der Waals surface area (Å²) < 4.78 is 0. The Morgan fingerprint density at radius 3 is 3.00 bits per heavy atom. The number of hydrogen-bond donors (Lipinski definition) is 2. The van der Waals surface area contributed by atoms with Gasteiger partial charge >= 0.3 is 0 Å². The summed E-state index contributed by atoms with van der Waals surface area (Å²) in [5.41, 5.74) is 7.09. The molecule has 1 aromatic heterocycles. The lowest BCUT2D eigenvalue weighted by molar-refractivity contribution is 0.412. The minimum atomic E-state index is 0.511. The summed E-state index contributed by atoms with van der Waals surface area (Å²) in [5.74, 6) is 0.564. The summed E-state index contributed by atoms with van der Waals surface area (Å²) in [7, 11) is 0. The van der Waals surface area contributed by atoms with E-state index in [-0.39, 0.29) is 0 Å². The first-order chi connectivity index (χ1) is 9.28. The molecule has 1 aliphatic carbocycles. The van der Waals surface area contributed by atoms with Gasteiger partial charge in [0.05, 0.1) is 11.6 Å². The molecule has 1 heterocycles. The van der Waals surface area contributed by atoms with Crippen LogP contribution < -0.4 is 11.1 Å². The monoisotopic (exact) mass is 278 g/mol. The van der Waals surface area contributed by atoms with Crippen LogP contribution >= 0.6 is 11.8 Å². The second-order valence-corrected chi connectivity index (χ2v) is 5.71. The number of aromatic nitrogens is 1. The van der Waals surface area contributed by atoms with E-state index in [1.807, 2.05) is 18.5 Å². The van der Waals surface area contributed by atoms with E-state index in [9.17, 15) is 0 Å². The number of pyridine rings is 1. The minimum Gasteiger partial charge on any atom is -0.370 e. The molecular formula is C14H22N4S. The predicted molar refractivity (Wildman–Crippen MR) is 81.4 cm³/mol. The molecule has 1 saturated carbocycles. The summed E-state index contributed by atoms with van der Waals surface area (Å²) in [6.45, 7) is 0.613. The molecule has 2 rings (SSSR count).